The number of imidazole rings is 1. The van der Waals surface area contributed by atoms with E-state index in [1.54, 1.807) is 23.7 Å². The number of nitrogens with one attached hydrogen (secondary N) is 1. The molecule has 0 fully saturated rings. The van der Waals surface area contributed by atoms with Crippen molar-refractivity contribution in [3.8, 4) is 11.4 Å². The lowest BCUT2D eigenvalue weighted by atomic mass is 10.3. The van der Waals surface area contributed by atoms with Gasteiger partial charge in [0.25, 0.3) is 0 Å². The Balaban J connectivity index is 1.71. The quantitative estimate of drug-likeness (QED) is 0.624. The second-order valence-corrected chi connectivity index (χ2v) is 6.07. The summed E-state index contributed by atoms with van der Waals surface area (Å²) in [6.07, 6.45) is 5.47. The molecule has 6 nitrogen and oxygen atoms in total. The summed E-state index contributed by atoms with van der Waals surface area (Å²) in [6, 6.07) is 5.84. The first kappa shape index (κ1) is 13.8. The molecule has 0 saturated carbocycles. The van der Waals surface area contributed by atoms with Crippen molar-refractivity contribution in [2.75, 3.05) is 5.32 Å². The highest BCUT2D eigenvalue weighted by Crippen LogP contribution is 2.29. The predicted octanol–water partition coefficient (Wildman–Crippen LogP) is 3.61. The zero-order valence-electron chi connectivity index (χ0n) is 12.7. The van der Waals surface area contributed by atoms with Crippen molar-refractivity contribution in [3.05, 3.63) is 53.4 Å². The van der Waals surface area contributed by atoms with Crippen molar-refractivity contribution in [2.24, 2.45) is 0 Å². The smallest absolute Gasteiger partial charge is 0.234 e. The molecule has 7 heteroatoms. The van der Waals surface area contributed by atoms with Crippen LogP contribution in [-0.4, -0.2) is 24.3 Å². The van der Waals surface area contributed by atoms with Crippen LogP contribution in [0.25, 0.3) is 17.2 Å². The maximum absolute atomic E-state index is 4.67. The highest BCUT2D eigenvalue weighted by Gasteiger charge is 2.14. The third-order valence-electron chi connectivity index (χ3n) is 3.48. The molecule has 0 aliphatic heterocycles. The molecule has 0 aliphatic carbocycles. The van der Waals surface area contributed by atoms with Gasteiger partial charge in [0.05, 0.1) is 11.4 Å². The molecule has 4 aromatic heterocycles. The van der Waals surface area contributed by atoms with Gasteiger partial charge >= 0.3 is 0 Å². The van der Waals surface area contributed by atoms with E-state index in [0.717, 1.165) is 33.6 Å². The van der Waals surface area contributed by atoms with Gasteiger partial charge in [-0.15, -0.1) is 11.3 Å². The van der Waals surface area contributed by atoms with Crippen LogP contribution in [0.1, 0.15) is 11.3 Å². The van der Waals surface area contributed by atoms with Crippen LogP contribution in [0.2, 0.25) is 0 Å². The molecule has 0 bridgehead atoms. The lowest BCUT2D eigenvalue weighted by Gasteiger charge is -2.02. The maximum Gasteiger partial charge on any atom is 0.234 e. The number of anilines is 2. The van der Waals surface area contributed by atoms with Gasteiger partial charge in [-0.3, -0.25) is 4.40 Å². The van der Waals surface area contributed by atoms with E-state index < -0.39 is 0 Å². The Hall–Kier alpha value is -2.80. The first-order chi connectivity index (χ1) is 11.2. The largest absolute Gasteiger partial charge is 0.316 e. The van der Waals surface area contributed by atoms with Crippen LogP contribution in [0.5, 0.6) is 0 Å². The van der Waals surface area contributed by atoms with Crippen molar-refractivity contribution in [1.29, 1.82) is 0 Å². The molecule has 23 heavy (non-hydrogen) atoms. The van der Waals surface area contributed by atoms with Gasteiger partial charge in [0.15, 0.2) is 5.13 Å². The van der Waals surface area contributed by atoms with Gasteiger partial charge in [-0.05, 0) is 37.6 Å². The third-order valence-corrected chi connectivity index (χ3v) is 4.23. The molecule has 4 aromatic rings. The molecule has 114 valence electrons. The molecular formula is C16H14N6S. The van der Waals surface area contributed by atoms with Gasteiger partial charge in [0.1, 0.15) is 11.5 Å². The first-order valence-electron chi connectivity index (χ1n) is 7.16. The Kier molecular flexibility index (Phi) is 3.27. The normalized spacial score (nSPS) is 11.0. The van der Waals surface area contributed by atoms with E-state index in [2.05, 4.69) is 25.3 Å². The Morgan fingerprint density at radius 2 is 2.04 bits per heavy atom. The summed E-state index contributed by atoms with van der Waals surface area (Å²) >= 11 is 1.54. The Morgan fingerprint density at radius 1 is 1.13 bits per heavy atom. The standard InChI is InChI=1S/C16H14N6S/c1-10-4-6-17-13(8-10)21-16-20-12(9-23-16)14-11(2)19-15-18-5-3-7-22(14)15/h3-9H,1-2H3,(H,17,20,21). The third kappa shape index (κ3) is 2.55. The highest BCUT2D eigenvalue weighted by molar-refractivity contribution is 7.14. The van der Waals surface area contributed by atoms with E-state index in [-0.39, 0.29) is 0 Å². The molecule has 0 spiro atoms. The minimum Gasteiger partial charge on any atom is -0.316 e. The van der Waals surface area contributed by atoms with Crippen LogP contribution in [0.4, 0.5) is 10.9 Å². The predicted molar refractivity (Wildman–Crippen MR) is 91.1 cm³/mol. The number of nitrogens with zero attached hydrogens (tertiary/aromatic N) is 5. The van der Waals surface area contributed by atoms with Gasteiger partial charge in [0.2, 0.25) is 5.78 Å². The van der Waals surface area contributed by atoms with Crippen molar-refractivity contribution in [2.45, 2.75) is 13.8 Å². The molecule has 0 unspecified atom stereocenters. The molecule has 0 aromatic carbocycles. The van der Waals surface area contributed by atoms with Crippen molar-refractivity contribution in [3.63, 3.8) is 0 Å². The van der Waals surface area contributed by atoms with Gasteiger partial charge < -0.3 is 5.32 Å². The van der Waals surface area contributed by atoms with E-state index in [0.29, 0.717) is 5.78 Å². The van der Waals surface area contributed by atoms with E-state index in [4.69, 9.17) is 0 Å². The number of aryl methyl sites for hydroxylation is 2. The second kappa shape index (κ2) is 5.44. The molecule has 0 amide bonds. The molecule has 4 rings (SSSR count). The summed E-state index contributed by atoms with van der Waals surface area (Å²) in [6.45, 7) is 4.01. The van der Waals surface area contributed by atoms with Crippen molar-refractivity contribution in [1.82, 2.24) is 24.3 Å². The molecule has 0 aliphatic rings. The zero-order valence-corrected chi connectivity index (χ0v) is 13.5. The van der Waals surface area contributed by atoms with E-state index in [1.165, 1.54) is 0 Å². The van der Waals surface area contributed by atoms with Gasteiger partial charge in [0, 0.05) is 24.0 Å². The number of aromatic nitrogens is 5. The minimum atomic E-state index is 0.683. The Labute approximate surface area is 136 Å². The number of hydrogen-bond donors (Lipinski definition) is 1. The van der Waals surface area contributed by atoms with Gasteiger partial charge in [-0.2, -0.15) is 0 Å². The monoisotopic (exact) mass is 322 g/mol. The SMILES string of the molecule is Cc1ccnc(Nc2nc(-c3c(C)nc4ncccn34)cs2)c1. The van der Waals surface area contributed by atoms with Gasteiger partial charge in [-0.25, -0.2) is 19.9 Å². The van der Waals surface area contributed by atoms with Crippen LogP contribution < -0.4 is 5.32 Å². The van der Waals surface area contributed by atoms with E-state index in [1.807, 2.05) is 48.0 Å². The fraction of sp³-hybridized carbons (Fsp3) is 0.125. The lowest BCUT2D eigenvalue weighted by molar-refractivity contribution is 1.11. The zero-order chi connectivity index (χ0) is 15.8. The van der Waals surface area contributed by atoms with E-state index >= 15 is 0 Å². The summed E-state index contributed by atoms with van der Waals surface area (Å²) in [5.41, 5.74) is 3.91. The molecule has 0 atom stereocenters. The number of hydrogen-bond acceptors (Lipinski definition) is 6. The molecule has 0 saturated heterocycles. The number of pyridine rings is 1. The average molecular weight is 322 g/mol. The summed E-state index contributed by atoms with van der Waals surface area (Å²) in [4.78, 5) is 17.7. The van der Waals surface area contributed by atoms with E-state index in [9.17, 15) is 0 Å². The topological polar surface area (TPSA) is 68.0 Å². The molecule has 1 N–H and O–H groups in total. The molecular weight excluding hydrogens is 308 g/mol. The maximum atomic E-state index is 4.67. The van der Waals surface area contributed by atoms with Gasteiger partial charge in [-0.1, -0.05) is 0 Å². The van der Waals surface area contributed by atoms with Crippen LogP contribution in [0.15, 0.2) is 42.2 Å². The minimum absolute atomic E-state index is 0.683. The summed E-state index contributed by atoms with van der Waals surface area (Å²) < 4.78 is 1.96. The Bertz CT molecular complexity index is 987. The van der Waals surface area contributed by atoms with Crippen LogP contribution in [0, 0.1) is 13.8 Å². The second-order valence-electron chi connectivity index (χ2n) is 5.22. The molecule has 4 heterocycles. The number of fused-ring (bicyclic) bond motifs is 1. The van der Waals surface area contributed by atoms with Crippen molar-refractivity contribution < 1.29 is 0 Å². The van der Waals surface area contributed by atoms with Crippen LogP contribution in [-0.2, 0) is 0 Å². The fourth-order valence-corrected chi connectivity index (χ4v) is 3.16. The summed E-state index contributed by atoms with van der Waals surface area (Å²) in [5.74, 6) is 1.48. The lowest BCUT2D eigenvalue weighted by Crippen LogP contribution is -1.94. The van der Waals surface area contributed by atoms with Crippen molar-refractivity contribution >= 4 is 28.1 Å². The first-order valence-corrected chi connectivity index (χ1v) is 8.04. The van der Waals surface area contributed by atoms with Crippen LogP contribution >= 0.6 is 11.3 Å². The summed E-state index contributed by atoms with van der Waals surface area (Å²) in [7, 11) is 0. The average Bonchev–Trinajstić information content (AvgIpc) is 3.10. The molecule has 0 radical (unpaired) electrons. The number of thiazole rings is 1. The van der Waals surface area contributed by atoms with Crippen LogP contribution in [0.3, 0.4) is 0 Å². The fourth-order valence-electron chi connectivity index (χ4n) is 2.46. The summed E-state index contributed by atoms with van der Waals surface area (Å²) in [5, 5.41) is 6.06. The highest BCUT2D eigenvalue weighted by atomic mass is 32.1. The Morgan fingerprint density at radius 3 is 2.91 bits per heavy atom. The number of rotatable bonds is 3.